The third-order valence-corrected chi connectivity index (χ3v) is 4.08. The number of pyridine rings is 1. The first-order chi connectivity index (χ1) is 16.1. The lowest BCUT2D eigenvalue weighted by molar-refractivity contribution is -0.141. The summed E-state index contributed by atoms with van der Waals surface area (Å²) in [6, 6.07) is 3.74. The summed E-state index contributed by atoms with van der Waals surface area (Å²) in [7, 11) is 0. The van der Waals surface area contributed by atoms with E-state index in [1.807, 2.05) is 0 Å². The quantitative estimate of drug-likeness (QED) is 0.293. The van der Waals surface area contributed by atoms with Crippen LogP contribution >= 0.6 is 0 Å². The maximum Gasteiger partial charge on any atom is 0.433 e. The standard InChI is InChI=1S/C19H10F10N6/c20-12-3-2-10(5-11(12)17(21,22)23)32-15-6-14(19(27,28)29)33-16(34-15)35-31-8-9-1-4-13(30-7-9)18(24,25)26/h1-7H,8H2,(H,32,33,34). The van der Waals surface area contributed by atoms with Gasteiger partial charge in [-0.2, -0.15) is 49.6 Å². The van der Waals surface area contributed by atoms with Gasteiger partial charge in [0, 0.05) is 18.0 Å². The van der Waals surface area contributed by atoms with Crippen LogP contribution in [0.1, 0.15) is 22.5 Å². The molecular weight excluding hydrogens is 502 g/mol. The van der Waals surface area contributed by atoms with Crippen LogP contribution in [0.15, 0.2) is 52.8 Å². The largest absolute Gasteiger partial charge is 0.433 e. The molecule has 0 aliphatic heterocycles. The van der Waals surface area contributed by atoms with Crippen molar-refractivity contribution >= 4 is 17.5 Å². The van der Waals surface area contributed by atoms with Gasteiger partial charge in [0.25, 0.3) is 5.95 Å². The summed E-state index contributed by atoms with van der Waals surface area (Å²) in [5, 5.41) is 9.10. The second-order valence-corrected chi connectivity index (χ2v) is 6.70. The molecule has 2 aromatic heterocycles. The molecule has 3 rings (SSSR count). The second-order valence-electron chi connectivity index (χ2n) is 6.70. The van der Waals surface area contributed by atoms with E-state index in [-0.39, 0.29) is 12.1 Å². The van der Waals surface area contributed by atoms with Gasteiger partial charge in [-0.15, -0.1) is 5.11 Å². The molecule has 0 amide bonds. The molecule has 0 saturated carbocycles. The van der Waals surface area contributed by atoms with Crippen LogP contribution in [-0.4, -0.2) is 15.0 Å². The maximum atomic E-state index is 13.4. The van der Waals surface area contributed by atoms with Crippen LogP contribution in [0.2, 0.25) is 0 Å². The van der Waals surface area contributed by atoms with E-state index in [1.165, 1.54) is 0 Å². The van der Waals surface area contributed by atoms with E-state index in [9.17, 15) is 43.9 Å². The van der Waals surface area contributed by atoms with Crippen molar-refractivity contribution in [3.05, 3.63) is 70.9 Å². The summed E-state index contributed by atoms with van der Waals surface area (Å²) < 4.78 is 129. The number of nitrogens with one attached hydrogen (secondary N) is 1. The molecule has 6 nitrogen and oxygen atoms in total. The summed E-state index contributed by atoms with van der Waals surface area (Å²) in [4.78, 5) is 9.96. The molecule has 35 heavy (non-hydrogen) atoms. The number of nitrogens with zero attached hydrogens (tertiary/aromatic N) is 5. The Bertz CT molecular complexity index is 1220. The molecule has 0 bridgehead atoms. The van der Waals surface area contributed by atoms with Gasteiger partial charge in [-0.3, -0.25) is 4.98 Å². The first-order valence-corrected chi connectivity index (χ1v) is 9.12. The molecular formula is C19H10F10N6. The van der Waals surface area contributed by atoms with Gasteiger partial charge in [-0.25, -0.2) is 9.37 Å². The topological polar surface area (TPSA) is 75.4 Å². The fourth-order valence-corrected chi connectivity index (χ4v) is 2.52. The zero-order valence-electron chi connectivity index (χ0n) is 16.8. The molecule has 2 heterocycles. The number of hydrogen-bond donors (Lipinski definition) is 1. The highest BCUT2D eigenvalue weighted by Crippen LogP contribution is 2.35. The zero-order valence-corrected chi connectivity index (χ0v) is 16.8. The summed E-state index contributed by atoms with van der Waals surface area (Å²) in [6.07, 6.45) is -13.9. The molecule has 1 aromatic carbocycles. The average molecular weight is 512 g/mol. The van der Waals surface area contributed by atoms with Crippen LogP contribution in [0.4, 0.5) is 61.4 Å². The van der Waals surface area contributed by atoms with E-state index in [1.54, 1.807) is 0 Å². The van der Waals surface area contributed by atoms with Crippen LogP contribution in [0.5, 0.6) is 0 Å². The molecule has 0 saturated heterocycles. The first-order valence-electron chi connectivity index (χ1n) is 9.12. The Morgan fingerprint density at radius 3 is 2.03 bits per heavy atom. The zero-order chi connectivity index (χ0) is 26.0. The van der Waals surface area contributed by atoms with Crippen LogP contribution in [-0.2, 0) is 25.1 Å². The second kappa shape index (κ2) is 9.42. The van der Waals surface area contributed by atoms with E-state index >= 15 is 0 Å². The Morgan fingerprint density at radius 1 is 0.771 bits per heavy atom. The first kappa shape index (κ1) is 25.8. The number of azo groups is 1. The van der Waals surface area contributed by atoms with Crippen LogP contribution in [0.25, 0.3) is 0 Å². The van der Waals surface area contributed by atoms with E-state index in [0.717, 1.165) is 18.3 Å². The van der Waals surface area contributed by atoms with E-state index in [2.05, 4.69) is 30.5 Å². The van der Waals surface area contributed by atoms with Crippen LogP contribution < -0.4 is 5.32 Å². The molecule has 0 aliphatic carbocycles. The van der Waals surface area contributed by atoms with Gasteiger partial charge in [0.15, 0.2) is 5.69 Å². The average Bonchev–Trinajstić information content (AvgIpc) is 2.73. The Balaban J connectivity index is 1.86. The van der Waals surface area contributed by atoms with Gasteiger partial charge in [0.1, 0.15) is 17.3 Å². The van der Waals surface area contributed by atoms with Gasteiger partial charge < -0.3 is 5.32 Å². The highest BCUT2D eigenvalue weighted by Gasteiger charge is 2.35. The molecule has 0 fully saturated rings. The maximum absolute atomic E-state index is 13.4. The number of hydrogen-bond acceptors (Lipinski definition) is 6. The molecule has 3 aromatic rings. The van der Waals surface area contributed by atoms with E-state index in [4.69, 9.17) is 0 Å². The summed E-state index contributed by atoms with van der Waals surface area (Å²) >= 11 is 0. The summed E-state index contributed by atoms with van der Waals surface area (Å²) in [6.45, 7) is -0.388. The van der Waals surface area contributed by atoms with Gasteiger partial charge in [0.2, 0.25) is 0 Å². The van der Waals surface area contributed by atoms with Crippen LogP contribution in [0.3, 0.4) is 0 Å². The Labute approximate surface area is 188 Å². The van der Waals surface area contributed by atoms with Crippen molar-refractivity contribution in [3.8, 4) is 0 Å². The lowest BCUT2D eigenvalue weighted by Crippen LogP contribution is -2.11. The van der Waals surface area contributed by atoms with Gasteiger partial charge in [-0.1, -0.05) is 6.07 Å². The normalized spacial score (nSPS) is 12.9. The predicted octanol–water partition coefficient (Wildman–Crippen LogP) is 7.09. The van der Waals surface area contributed by atoms with Crippen molar-refractivity contribution in [3.63, 3.8) is 0 Å². The number of benzene rings is 1. The van der Waals surface area contributed by atoms with Gasteiger partial charge >= 0.3 is 18.5 Å². The van der Waals surface area contributed by atoms with E-state index < -0.39 is 58.8 Å². The van der Waals surface area contributed by atoms with Gasteiger partial charge in [0.05, 0.1) is 12.1 Å². The number of aromatic nitrogens is 3. The number of anilines is 2. The smallest absolute Gasteiger partial charge is 0.340 e. The molecule has 186 valence electrons. The van der Waals surface area contributed by atoms with Crippen molar-refractivity contribution < 1.29 is 43.9 Å². The highest BCUT2D eigenvalue weighted by atomic mass is 19.4. The fourth-order valence-electron chi connectivity index (χ4n) is 2.52. The highest BCUT2D eigenvalue weighted by molar-refractivity contribution is 5.58. The molecule has 1 N–H and O–H groups in total. The molecule has 0 atom stereocenters. The molecule has 0 spiro atoms. The third kappa shape index (κ3) is 6.83. The minimum Gasteiger partial charge on any atom is -0.340 e. The summed E-state index contributed by atoms with van der Waals surface area (Å²) in [5.74, 6) is -3.06. The lowest BCUT2D eigenvalue weighted by Gasteiger charge is -2.13. The van der Waals surface area contributed by atoms with Crippen molar-refractivity contribution in [2.24, 2.45) is 10.2 Å². The number of alkyl halides is 9. The summed E-state index contributed by atoms with van der Waals surface area (Å²) in [5.41, 5.74) is -4.62. The van der Waals surface area contributed by atoms with Crippen molar-refractivity contribution in [1.82, 2.24) is 15.0 Å². The third-order valence-electron chi connectivity index (χ3n) is 4.08. The van der Waals surface area contributed by atoms with Gasteiger partial charge in [-0.05, 0) is 29.8 Å². The lowest BCUT2D eigenvalue weighted by atomic mass is 10.2. The van der Waals surface area contributed by atoms with Crippen molar-refractivity contribution in [1.29, 1.82) is 0 Å². The monoisotopic (exact) mass is 512 g/mol. The molecule has 16 heteroatoms. The predicted molar refractivity (Wildman–Crippen MR) is 99.2 cm³/mol. The molecule has 0 unspecified atom stereocenters. The van der Waals surface area contributed by atoms with Crippen LogP contribution in [0, 0.1) is 5.82 Å². The SMILES string of the molecule is Fc1ccc(Nc2cc(C(F)(F)F)nc(N=NCc3ccc(C(F)(F)F)nc3)n2)cc1C(F)(F)F. The fraction of sp³-hybridized carbons (Fsp3) is 0.211. The minimum atomic E-state index is -5.06. The van der Waals surface area contributed by atoms with Crippen molar-refractivity contribution in [2.75, 3.05) is 5.32 Å². The number of rotatable bonds is 5. The minimum absolute atomic E-state index is 0.137. The molecule has 0 aliphatic rings. The van der Waals surface area contributed by atoms with Crippen molar-refractivity contribution in [2.45, 2.75) is 25.1 Å². The van der Waals surface area contributed by atoms with E-state index in [0.29, 0.717) is 24.3 Å². The Kier molecular flexibility index (Phi) is 6.94. The number of halogens is 10. The molecule has 0 radical (unpaired) electrons. The Morgan fingerprint density at radius 2 is 1.46 bits per heavy atom. The Hall–Kier alpha value is -3.85.